The number of aliphatic imine (C=N–C) groups is 1. The Labute approximate surface area is 241 Å². The molecule has 0 bridgehead atoms. The maximum Gasteiger partial charge on any atom is 0.229 e. The lowest BCUT2D eigenvalue weighted by Gasteiger charge is -2.35. The summed E-state index contributed by atoms with van der Waals surface area (Å²) in [6.45, 7) is 19.6. The van der Waals surface area contributed by atoms with E-state index in [1.807, 2.05) is 38.3 Å². The molecule has 220 valence electrons. The van der Waals surface area contributed by atoms with Crippen LogP contribution in [0.1, 0.15) is 59.3 Å². The van der Waals surface area contributed by atoms with Gasteiger partial charge in [-0.2, -0.15) is 0 Å². The van der Waals surface area contributed by atoms with Crippen LogP contribution in [0, 0.1) is 24.5 Å². The normalized spacial score (nSPS) is 16.5. The van der Waals surface area contributed by atoms with Gasteiger partial charge >= 0.3 is 0 Å². The highest BCUT2D eigenvalue weighted by Gasteiger charge is 2.27. The molecule has 1 saturated heterocycles. The van der Waals surface area contributed by atoms with Gasteiger partial charge < -0.3 is 19.5 Å². The number of halogens is 2. The van der Waals surface area contributed by atoms with Crippen molar-refractivity contribution in [3.8, 4) is 11.3 Å². The smallest absolute Gasteiger partial charge is 0.229 e. The first-order valence-corrected chi connectivity index (χ1v) is 14.3. The van der Waals surface area contributed by atoms with E-state index < -0.39 is 11.6 Å². The van der Waals surface area contributed by atoms with Gasteiger partial charge in [0.25, 0.3) is 0 Å². The molecular formula is C31H41F2N7O. The maximum atomic E-state index is 15.0. The van der Waals surface area contributed by atoms with Gasteiger partial charge in [0.15, 0.2) is 11.6 Å². The lowest BCUT2D eigenvalue weighted by molar-refractivity contribution is 0.0198. The van der Waals surface area contributed by atoms with Gasteiger partial charge in [0.05, 0.1) is 17.8 Å². The summed E-state index contributed by atoms with van der Waals surface area (Å²) in [5, 5.41) is 3.01. The maximum absolute atomic E-state index is 15.0. The minimum absolute atomic E-state index is 0.0164. The molecule has 1 aromatic carbocycles. The van der Waals surface area contributed by atoms with Crippen LogP contribution in [0.5, 0.6) is 0 Å². The molecule has 0 spiro atoms. The summed E-state index contributed by atoms with van der Waals surface area (Å²) >= 11 is 0. The molecule has 4 rings (SSSR count). The molecule has 0 aliphatic carbocycles. The average molecular weight is 566 g/mol. The molecule has 10 heteroatoms. The summed E-state index contributed by atoms with van der Waals surface area (Å²) in [5.74, 6) is 0.451. The van der Waals surface area contributed by atoms with Crippen LogP contribution in [0.15, 0.2) is 46.9 Å². The molecule has 1 aliphatic heterocycles. The van der Waals surface area contributed by atoms with Crippen LogP contribution >= 0.6 is 0 Å². The van der Waals surface area contributed by atoms with Crippen LogP contribution in [0.4, 0.5) is 14.7 Å². The van der Waals surface area contributed by atoms with Crippen molar-refractivity contribution < 1.29 is 13.5 Å². The van der Waals surface area contributed by atoms with Crippen LogP contribution < -0.4 is 5.32 Å². The topological polar surface area (TPSA) is 80.5 Å². The SMILES string of the molecule is C=N/C(=C\C=C(/C)C(OCC)C1CCN(CC)CC1)Nc1ncc(F)c(-c2cc(F)c3nc(C)n(C(C)C)c3c2)n1. The summed E-state index contributed by atoms with van der Waals surface area (Å²) in [6.07, 6.45) is 7.02. The molecule has 41 heavy (non-hydrogen) atoms. The van der Waals surface area contributed by atoms with Gasteiger partial charge in [0.1, 0.15) is 22.9 Å². The number of rotatable bonds is 11. The van der Waals surface area contributed by atoms with Crippen LogP contribution in [-0.2, 0) is 4.74 Å². The number of hydrogen-bond acceptors (Lipinski definition) is 7. The Morgan fingerprint density at radius 1 is 1.17 bits per heavy atom. The monoisotopic (exact) mass is 565 g/mol. The molecule has 1 unspecified atom stereocenters. The van der Waals surface area contributed by atoms with Crippen molar-refractivity contribution >= 4 is 23.7 Å². The van der Waals surface area contributed by atoms with E-state index in [-0.39, 0.29) is 29.3 Å². The number of piperidine rings is 1. The van der Waals surface area contributed by atoms with Crippen molar-refractivity contribution in [1.82, 2.24) is 24.4 Å². The minimum Gasteiger partial charge on any atom is -0.374 e. The van der Waals surface area contributed by atoms with Crippen molar-refractivity contribution in [3.63, 3.8) is 0 Å². The lowest BCUT2D eigenvalue weighted by Crippen LogP contribution is -2.39. The summed E-state index contributed by atoms with van der Waals surface area (Å²) < 4.78 is 38.1. The highest BCUT2D eigenvalue weighted by Crippen LogP contribution is 2.31. The molecule has 8 nitrogen and oxygen atoms in total. The van der Waals surface area contributed by atoms with E-state index in [2.05, 4.69) is 50.7 Å². The quantitative estimate of drug-likeness (QED) is 0.206. The number of benzene rings is 1. The fourth-order valence-corrected chi connectivity index (χ4v) is 5.63. The first-order valence-electron chi connectivity index (χ1n) is 14.3. The van der Waals surface area contributed by atoms with Gasteiger partial charge in [-0.25, -0.2) is 28.7 Å². The number of imidazole rings is 1. The number of anilines is 1. The van der Waals surface area contributed by atoms with Crippen LogP contribution in [0.25, 0.3) is 22.3 Å². The first kappa shape index (κ1) is 30.5. The molecule has 3 aromatic rings. The highest BCUT2D eigenvalue weighted by molar-refractivity contribution is 5.83. The van der Waals surface area contributed by atoms with Gasteiger partial charge in [-0.1, -0.05) is 13.0 Å². The number of fused-ring (bicyclic) bond motifs is 1. The van der Waals surface area contributed by atoms with Crippen LogP contribution in [0.3, 0.4) is 0 Å². The molecule has 2 aromatic heterocycles. The zero-order valence-corrected chi connectivity index (χ0v) is 24.9. The first-order chi connectivity index (χ1) is 19.7. The number of aryl methyl sites for hydroxylation is 1. The second kappa shape index (κ2) is 13.4. The van der Waals surface area contributed by atoms with E-state index in [1.54, 1.807) is 12.1 Å². The Morgan fingerprint density at radius 2 is 1.90 bits per heavy atom. The Kier molecular flexibility index (Phi) is 9.99. The van der Waals surface area contributed by atoms with Gasteiger partial charge in [0.2, 0.25) is 5.95 Å². The van der Waals surface area contributed by atoms with Crippen molar-refractivity contribution in [1.29, 1.82) is 0 Å². The molecule has 0 radical (unpaired) electrons. The number of likely N-dealkylation sites (tertiary alicyclic amines) is 1. The Balaban J connectivity index is 1.59. The summed E-state index contributed by atoms with van der Waals surface area (Å²) in [6, 6.07) is 3.01. The van der Waals surface area contributed by atoms with E-state index in [9.17, 15) is 4.39 Å². The second-order valence-electron chi connectivity index (χ2n) is 10.7. The van der Waals surface area contributed by atoms with Gasteiger partial charge in [-0.05, 0) is 104 Å². The van der Waals surface area contributed by atoms with E-state index >= 15 is 4.39 Å². The summed E-state index contributed by atoms with van der Waals surface area (Å²) in [4.78, 5) is 19.3. The Bertz CT molecular complexity index is 1440. The van der Waals surface area contributed by atoms with E-state index in [1.165, 1.54) is 6.07 Å². The third kappa shape index (κ3) is 6.87. The van der Waals surface area contributed by atoms with Crippen molar-refractivity contribution in [2.45, 2.75) is 66.5 Å². The zero-order valence-electron chi connectivity index (χ0n) is 24.9. The Morgan fingerprint density at radius 3 is 2.54 bits per heavy atom. The molecule has 3 heterocycles. The number of aromatic nitrogens is 4. The van der Waals surface area contributed by atoms with E-state index in [0.29, 0.717) is 35.3 Å². The number of nitrogens with zero attached hydrogens (tertiary/aromatic N) is 6. The van der Waals surface area contributed by atoms with Crippen molar-refractivity contribution in [2.24, 2.45) is 10.9 Å². The molecule has 1 aliphatic rings. The third-order valence-electron chi connectivity index (χ3n) is 7.68. The van der Waals surface area contributed by atoms with Crippen LogP contribution in [0.2, 0.25) is 0 Å². The largest absolute Gasteiger partial charge is 0.374 e. The number of allylic oxidation sites excluding steroid dienone is 2. The second-order valence-corrected chi connectivity index (χ2v) is 10.7. The predicted octanol–water partition coefficient (Wildman–Crippen LogP) is 6.70. The molecular weight excluding hydrogens is 524 g/mol. The number of ether oxygens (including phenoxy) is 1. The lowest BCUT2D eigenvalue weighted by atomic mass is 9.87. The average Bonchev–Trinajstić information content (AvgIpc) is 3.31. The molecule has 1 N–H and O–H groups in total. The number of nitrogens with one attached hydrogen (secondary N) is 1. The Hall–Kier alpha value is -3.50. The zero-order chi connectivity index (χ0) is 29.7. The van der Waals surface area contributed by atoms with Crippen molar-refractivity contribution in [3.05, 3.63) is 59.3 Å². The van der Waals surface area contributed by atoms with E-state index in [0.717, 1.165) is 44.2 Å². The molecule has 0 amide bonds. The minimum atomic E-state index is -0.664. The fraction of sp³-hybridized carbons (Fsp3) is 0.484. The number of hydrogen-bond donors (Lipinski definition) is 1. The summed E-state index contributed by atoms with van der Waals surface area (Å²) in [7, 11) is 0. The van der Waals surface area contributed by atoms with Gasteiger partial charge in [0, 0.05) is 18.2 Å². The predicted molar refractivity (Wildman–Crippen MR) is 161 cm³/mol. The third-order valence-corrected chi connectivity index (χ3v) is 7.68. The molecule has 1 atom stereocenters. The van der Waals surface area contributed by atoms with E-state index in [4.69, 9.17) is 4.74 Å². The fourth-order valence-electron chi connectivity index (χ4n) is 5.63. The highest BCUT2D eigenvalue weighted by atomic mass is 19.1. The molecule has 1 fully saturated rings. The van der Waals surface area contributed by atoms with Crippen LogP contribution in [-0.4, -0.2) is 63.5 Å². The van der Waals surface area contributed by atoms with Gasteiger partial charge in [-0.3, -0.25) is 0 Å². The standard InChI is InChI=1S/C31H41F2N7O/c1-8-39-14-12-22(13-15-39)30(41-9-2)20(5)10-11-27(34-7)37-31-35-18-25(33)28(38-31)23-16-24(32)29-26(17-23)40(19(3)4)21(6)36-29/h10-11,16-19,22,30H,7-9,12-15H2,1-6H3,(H,35,37,38)/b20-10+,27-11+. The summed E-state index contributed by atoms with van der Waals surface area (Å²) in [5.41, 5.74) is 2.19. The van der Waals surface area contributed by atoms with Gasteiger partial charge in [-0.15, -0.1) is 0 Å². The van der Waals surface area contributed by atoms with Crippen molar-refractivity contribution in [2.75, 3.05) is 31.6 Å². The molecule has 0 saturated carbocycles.